The molecule has 8 heteroatoms. The molecule has 0 unspecified atom stereocenters. The number of nitrogens with zero attached hydrogens (tertiary/aromatic N) is 2. The van der Waals surface area contributed by atoms with Crippen LogP contribution < -0.4 is 21.2 Å². The van der Waals surface area contributed by atoms with E-state index < -0.39 is 31.1 Å². The SMILES string of the molecule is O=[N+]([O-])c1ccc2c(c1)[I+]c1c(Br)cc([N+](=O)[O-])cc1-2. The Balaban J connectivity index is 2.19. The Morgan fingerprint density at radius 2 is 1.65 bits per heavy atom. The number of hydrogen-bond acceptors (Lipinski definition) is 4. The molecule has 1 aliphatic rings. The summed E-state index contributed by atoms with van der Waals surface area (Å²) in [7, 11) is 0. The number of hydrogen-bond donors (Lipinski definition) is 0. The van der Waals surface area contributed by atoms with Crippen LogP contribution in [0.3, 0.4) is 0 Å². The second-order valence-electron chi connectivity index (χ2n) is 4.06. The lowest BCUT2D eigenvalue weighted by molar-refractivity contribution is -0.591. The summed E-state index contributed by atoms with van der Waals surface area (Å²) < 4.78 is 2.66. The maximum absolute atomic E-state index is 10.9. The largest absolute Gasteiger partial charge is 0.360 e. The van der Waals surface area contributed by atoms with E-state index in [0.717, 1.165) is 18.3 Å². The third-order valence-corrected chi connectivity index (χ3v) is 7.42. The van der Waals surface area contributed by atoms with E-state index in [9.17, 15) is 20.2 Å². The zero-order valence-electron chi connectivity index (χ0n) is 9.67. The molecule has 1 aliphatic heterocycles. The van der Waals surface area contributed by atoms with Crippen LogP contribution in [0, 0.1) is 27.4 Å². The molecule has 0 aliphatic carbocycles. The van der Waals surface area contributed by atoms with Crippen molar-refractivity contribution in [3.8, 4) is 11.1 Å². The number of rotatable bonds is 2. The van der Waals surface area contributed by atoms with Crippen LogP contribution in [-0.2, 0) is 0 Å². The normalized spacial score (nSPS) is 11.8. The van der Waals surface area contributed by atoms with Crippen LogP contribution in [0.4, 0.5) is 11.4 Å². The number of benzene rings is 2. The molecule has 2 aromatic carbocycles. The minimum Gasteiger partial charge on any atom is -0.258 e. The molecule has 100 valence electrons. The lowest BCUT2D eigenvalue weighted by Gasteiger charge is -1.97. The van der Waals surface area contributed by atoms with Crippen molar-refractivity contribution in [2.24, 2.45) is 0 Å². The summed E-state index contributed by atoms with van der Waals surface area (Å²) in [5, 5.41) is 21.7. The first-order chi connectivity index (χ1) is 9.47. The van der Waals surface area contributed by atoms with Gasteiger partial charge in [-0.05, 0) is 22.0 Å². The Kier molecular flexibility index (Phi) is 3.21. The van der Waals surface area contributed by atoms with Gasteiger partial charge in [0.25, 0.3) is 11.4 Å². The van der Waals surface area contributed by atoms with Gasteiger partial charge in [-0.1, -0.05) is 0 Å². The van der Waals surface area contributed by atoms with Crippen LogP contribution in [0.1, 0.15) is 0 Å². The fourth-order valence-corrected chi connectivity index (χ4v) is 5.91. The summed E-state index contributed by atoms with van der Waals surface area (Å²) in [6.45, 7) is 0. The zero-order chi connectivity index (χ0) is 14.4. The van der Waals surface area contributed by atoms with Gasteiger partial charge in [-0.15, -0.1) is 0 Å². The minimum absolute atomic E-state index is 0.0193. The Labute approximate surface area is 131 Å². The molecular weight excluding hydrogens is 443 g/mol. The minimum atomic E-state index is -0.568. The van der Waals surface area contributed by atoms with E-state index in [-0.39, 0.29) is 11.4 Å². The highest BCUT2D eigenvalue weighted by Crippen LogP contribution is 2.32. The number of nitro groups is 2. The van der Waals surface area contributed by atoms with E-state index in [1.165, 1.54) is 18.2 Å². The van der Waals surface area contributed by atoms with Gasteiger partial charge in [-0.25, -0.2) is 0 Å². The molecule has 0 saturated heterocycles. The highest BCUT2D eigenvalue weighted by Gasteiger charge is 2.38. The molecule has 0 radical (unpaired) electrons. The predicted octanol–water partition coefficient (Wildman–Crippen LogP) is 0.374. The van der Waals surface area contributed by atoms with E-state index in [2.05, 4.69) is 15.9 Å². The van der Waals surface area contributed by atoms with Crippen molar-refractivity contribution in [1.82, 2.24) is 0 Å². The van der Waals surface area contributed by atoms with E-state index in [4.69, 9.17) is 0 Å². The Bertz CT molecular complexity index is 778. The summed E-state index contributed by atoms with van der Waals surface area (Å²) in [6.07, 6.45) is 0. The molecule has 0 fully saturated rings. The summed E-state index contributed by atoms with van der Waals surface area (Å²) >= 11 is 2.79. The number of halogens is 2. The summed E-state index contributed by atoms with van der Waals surface area (Å²) in [6, 6.07) is 7.71. The second-order valence-corrected chi connectivity index (χ2v) is 7.70. The molecule has 2 aromatic rings. The van der Waals surface area contributed by atoms with E-state index in [1.807, 2.05) is 0 Å². The topological polar surface area (TPSA) is 86.3 Å². The highest BCUT2D eigenvalue weighted by atomic mass is 127. The van der Waals surface area contributed by atoms with Gasteiger partial charge in [0.05, 0.1) is 20.4 Å². The summed E-state index contributed by atoms with van der Waals surface area (Å²) in [4.78, 5) is 20.9. The summed E-state index contributed by atoms with van der Waals surface area (Å²) in [5.41, 5.74) is 1.75. The van der Waals surface area contributed by atoms with Gasteiger partial charge in [0, 0.05) is 29.3 Å². The maximum Gasteiger partial charge on any atom is 0.360 e. The van der Waals surface area contributed by atoms with Crippen molar-refractivity contribution >= 4 is 27.3 Å². The van der Waals surface area contributed by atoms with E-state index >= 15 is 0 Å². The third-order valence-electron chi connectivity index (χ3n) is 2.87. The van der Waals surface area contributed by atoms with Crippen LogP contribution in [0.2, 0.25) is 0 Å². The Morgan fingerprint density at radius 3 is 2.30 bits per heavy atom. The standard InChI is InChI=1S/C12H5BrIN2O4/c13-10-4-7(16(19)20)3-9-8-2-1-6(15(17)18)5-11(8)14-12(9)10/h1-5H/q+1. The average molecular weight is 448 g/mol. The fraction of sp³-hybridized carbons (Fsp3) is 0. The quantitative estimate of drug-likeness (QED) is 0.323. The smallest absolute Gasteiger partial charge is 0.258 e. The van der Waals surface area contributed by atoms with Gasteiger partial charge in [0.15, 0.2) is 0 Å². The van der Waals surface area contributed by atoms with Crippen molar-refractivity contribution in [3.05, 3.63) is 62.2 Å². The van der Waals surface area contributed by atoms with Gasteiger partial charge < -0.3 is 0 Å². The predicted molar refractivity (Wildman–Crippen MR) is 70.3 cm³/mol. The number of non-ortho nitro benzene ring substituents is 2. The molecule has 0 saturated carbocycles. The first-order valence-corrected chi connectivity index (χ1v) is 8.34. The monoisotopic (exact) mass is 447 g/mol. The molecule has 0 bridgehead atoms. The van der Waals surface area contributed by atoms with E-state index in [0.29, 0.717) is 4.47 Å². The van der Waals surface area contributed by atoms with Crippen LogP contribution in [0.25, 0.3) is 11.1 Å². The molecule has 0 aromatic heterocycles. The lowest BCUT2D eigenvalue weighted by Crippen LogP contribution is -3.61. The third kappa shape index (κ3) is 2.08. The van der Waals surface area contributed by atoms with Crippen LogP contribution in [0.15, 0.2) is 34.8 Å². The molecule has 0 N–H and O–H groups in total. The molecule has 1 heterocycles. The van der Waals surface area contributed by atoms with E-state index in [1.54, 1.807) is 12.1 Å². The number of nitro benzene ring substituents is 2. The molecule has 0 spiro atoms. The molecule has 0 amide bonds. The molecule has 3 rings (SSSR count). The Hall–Kier alpha value is -1.55. The molecular formula is C12H5BrIN2O4+. The molecule has 0 atom stereocenters. The number of fused-ring (bicyclic) bond motifs is 3. The van der Waals surface area contributed by atoms with Gasteiger partial charge in [-0.2, -0.15) is 0 Å². The first kappa shape index (κ1) is 13.4. The maximum atomic E-state index is 10.9. The zero-order valence-corrected chi connectivity index (χ0v) is 13.4. The van der Waals surface area contributed by atoms with Gasteiger partial charge in [0.2, 0.25) is 7.14 Å². The van der Waals surface area contributed by atoms with Gasteiger partial charge >= 0.3 is 21.2 Å². The van der Waals surface area contributed by atoms with Crippen LogP contribution >= 0.6 is 15.9 Å². The highest BCUT2D eigenvalue weighted by molar-refractivity contribution is 9.10. The fourth-order valence-electron chi connectivity index (χ4n) is 1.99. The van der Waals surface area contributed by atoms with Crippen molar-refractivity contribution < 1.29 is 31.1 Å². The van der Waals surface area contributed by atoms with Crippen molar-refractivity contribution in [2.45, 2.75) is 0 Å². The molecule has 20 heavy (non-hydrogen) atoms. The lowest BCUT2D eigenvalue weighted by atomic mass is 10.0. The molecule has 6 nitrogen and oxygen atoms in total. The summed E-state index contributed by atoms with van der Waals surface area (Å²) in [5.74, 6) is 0. The van der Waals surface area contributed by atoms with Gasteiger partial charge in [0.1, 0.15) is 0 Å². The van der Waals surface area contributed by atoms with Crippen molar-refractivity contribution in [2.75, 3.05) is 0 Å². The van der Waals surface area contributed by atoms with Crippen molar-refractivity contribution in [1.29, 1.82) is 0 Å². The first-order valence-electron chi connectivity index (χ1n) is 5.39. The second kappa shape index (κ2) is 4.77. The average Bonchev–Trinajstić information content (AvgIpc) is 2.77. The van der Waals surface area contributed by atoms with Gasteiger partial charge in [-0.3, -0.25) is 20.2 Å². The Morgan fingerprint density at radius 1 is 0.950 bits per heavy atom. The van der Waals surface area contributed by atoms with Crippen molar-refractivity contribution in [3.63, 3.8) is 0 Å². The van der Waals surface area contributed by atoms with Crippen LogP contribution in [-0.4, -0.2) is 9.85 Å². The van der Waals surface area contributed by atoms with Crippen LogP contribution in [0.5, 0.6) is 0 Å².